The maximum Gasteiger partial charge on any atom is 0.335 e. The molecule has 6 heteroatoms. The Labute approximate surface area is 108 Å². The van der Waals surface area contributed by atoms with Crippen LogP contribution >= 0.6 is 0 Å². The largest absolute Gasteiger partial charge is 0.478 e. The molecular weight excluding hydrogens is 258 g/mol. The average Bonchev–Trinajstić information content (AvgIpc) is 2.38. The number of ketones is 1. The summed E-state index contributed by atoms with van der Waals surface area (Å²) in [7, 11) is 0. The Hall–Kier alpha value is -1.82. The van der Waals surface area contributed by atoms with Crippen LogP contribution in [0.2, 0.25) is 0 Å². The zero-order valence-electron chi connectivity index (χ0n) is 9.99. The van der Waals surface area contributed by atoms with Gasteiger partial charge < -0.3 is 9.84 Å². The first-order chi connectivity index (χ1) is 8.92. The van der Waals surface area contributed by atoms with Crippen molar-refractivity contribution in [2.75, 3.05) is 13.2 Å². The summed E-state index contributed by atoms with van der Waals surface area (Å²) in [6, 6.07) is 2.63. The van der Waals surface area contributed by atoms with Crippen molar-refractivity contribution < 1.29 is 28.2 Å². The summed E-state index contributed by atoms with van der Waals surface area (Å²) >= 11 is 0. The molecule has 19 heavy (non-hydrogen) atoms. The Morgan fingerprint density at radius 3 is 2.32 bits per heavy atom. The standard InChI is InChI=1S/C13H12F2O4/c14-10-6-8(5-9(7-10)12(17)18)11(16)13(15)1-3-19-4-2-13/h5-7H,1-4H2,(H,17,18). The van der Waals surface area contributed by atoms with Gasteiger partial charge in [-0.05, 0) is 18.2 Å². The molecule has 0 unspecified atom stereocenters. The van der Waals surface area contributed by atoms with Crippen molar-refractivity contribution in [1.82, 2.24) is 0 Å². The molecule has 0 radical (unpaired) electrons. The molecule has 1 fully saturated rings. The second kappa shape index (κ2) is 5.05. The van der Waals surface area contributed by atoms with Gasteiger partial charge in [0.05, 0.1) is 18.8 Å². The molecule has 1 aromatic carbocycles. The van der Waals surface area contributed by atoms with E-state index in [0.29, 0.717) is 0 Å². The predicted octanol–water partition coefficient (Wildman–Crippen LogP) is 2.23. The molecule has 1 aromatic rings. The molecular formula is C13H12F2O4. The average molecular weight is 270 g/mol. The Morgan fingerprint density at radius 1 is 1.16 bits per heavy atom. The number of rotatable bonds is 3. The lowest BCUT2D eigenvalue weighted by Gasteiger charge is -2.28. The van der Waals surface area contributed by atoms with Gasteiger partial charge in [0.1, 0.15) is 5.82 Å². The lowest BCUT2D eigenvalue weighted by molar-refractivity contribution is -0.000429. The lowest BCUT2D eigenvalue weighted by Crippen LogP contribution is -2.39. The van der Waals surface area contributed by atoms with E-state index < -0.39 is 23.2 Å². The number of aromatic carboxylic acids is 1. The van der Waals surface area contributed by atoms with Gasteiger partial charge >= 0.3 is 5.97 Å². The van der Waals surface area contributed by atoms with Gasteiger partial charge in [0.25, 0.3) is 0 Å². The van der Waals surface area contributed by atoms with Crippen molar-refractivity contribution in [1.29, 1.82) is 0 Å². The molecule has 0 aromatic heterocycles. The fourth-order valence-electron chi connectivity index (χ4n) is 2.02. The smallest absolute Gasteiger partial charge is 0.335 e. The monoisotopic (exact) mass is 270 g/mol. The van der Waals surface area contributed by atoms with E-state index in [2.05, 4.69) is 0 Å². The predicted molar refractivity (Wildman–Crippen MR) is 61.6 cm³/mol. The summed E-state index contributed by atoms with van der Waals surface area (Å²) in [6.45, 7) is 0.229. The molecule has 1 N–H and O–H groups in total. The van der Waals surface area contributed by atoms with E-state index in [1.54, 1.807) is 0 Å². The van der Waals surface area contributed by atoms with Crippen molar-refractivity contribution in [3.8, 4) is 0 Å². The number of carbonyl (C=O) groups is 2. The van der Waals surface area contributed by atoms with E-state index in [1.807, 2.05) is 0 Å². The number of carboxylic acids is 1. The van der Waals surface area contributed by atoms with Gasteiger partial charge in [-0.3, -0.25) is 4.79 Å². The highest BCUT2D eigenvalue weighted by Gasteiger charge is 2.40. The molecule has 0 saturated carbocycles. The molecule has 1 saturated heterocycles. The Bertz CT molecular complexity index is 521. The van der Waals surface area contributed by atoms with Gasteiger partial charge in [-0.2, -0.15) is 0 Å². The van der Waals surface area contributed by atoms with Crippen molar-refractivity contribution in [2.24, 2.45) is 0 Å². The summed E-state index contributed by atoms with van der Waals surface area (Å²) < 4.78 is 32.7. The minimum atomic E-state index is -2.11. The maximum absolute atomic E-state index is 14.4. The molecule has 1 aliphatic rings. The first kappa shape index (κ1) is 13.6. The number of hydrogen-bond acceptors (Lipinski definition) is 3. The zero-order chi connectivity index (χ0) is 14.0. The van der Waals surface area contributed by atoms with Crippen molar-refractivity contribution in [2.45, 2.75) is 18.5 Å². The van der Waals surface area contributed by atoms with Crippen LogP contribution in [0, 0.1) is 5.82 Å². The van der Waals surface area contributed by atoms with Crippen LogP contribution in [0.25, 0.3) is 0 Å². The normalized spacial score (nSPS) is 18.0. The second-order valence-corrected chi connectivity index (χ2v) is 4.44. The number of hydrogen-bond donors (Lipinski definition) is 1. The van der Waals surface area contributed by atoms with E-state index >= 15 is 0 Å². The van der Waals surface area contributed by atoms with E-state index in [9.17, 15) is 18.4 Å². The molecule has 0 spiro atoms. The minimum Gasteiger partial charge on any atom is -0.478 e. The molecule has 0 amide bonds. The second-order valence-electron chi connectivity index (χ2n) is 4.44. The van der Waals surface area contributed by atoms with E-state index in [-0.39, 0.29) is 37.2 Å². The van der Waals surface area contributed by atoms with Gasteiger partial charge in [0.2, 0.25) is 0 Å². The van der Waals surface area contributed by atoms with Crippen LogP contribution in [0.4, 0.5) is 8.78 Å². The third kappa shape index (κ3) is 2.78. The molecule has 2 rings (SSSR count). The number of halogens is 2. The van der Waals surface area contributed by atoms with Crippen LogP contribution in [-0.2, 0) is 4.74 Å². The van der Waals surface area contributed by atoms with E-state index in [0.717, 1.165) is 18.2 Å². The third-order valence-corrected chi connectivity index (χ3v) is 3.10. The Kier molecular flexibility index (Phi) is 3.61. The molecule has 1 heterocycles. The van der Waals surface area contributed by atoms with Crippen LogP contribution in [0.5, 0.6) is 0 Å². The van der Waals surface area contributed by atoms with Gasteiger partial charge in [0.15, 0.2) is 11.5 Å². The quantitative estimate of drug-likeness (QED) is 0.855. The highest BCUT2D eigenvalue weighted by molar-refractivity contribution is 6.04. The van der Waals surface area contributed by atoms with Crippen molar-refractivity contribution in [3.05, 3.63) is 35.1 Å². The summed E-state index contributed by atoms with van der Waals surface area (Å²) in [5.74, 6) is -3.13. The topological polar surface area (TPSA) is 63.6 Å². The number of carbonyl (C=O) groups excluding carboxylic acids is 1. The molecule has 102 valence electrons. The highest BCUT2D eigenvalue weighted by Crippen LogP contribution is 2.30. The Morgan fingerprint density at radius 2 is 1.74 bits per heavy atom. The van der Waals surface area contributed by atoms with Crippen LogP contribution < -0.4 is 0 Å². The molecule has 0 bridgehead atoms. The van der Waals surface area contributed by atoms with Gasteiger partial charge in [0, 0.05) is 18.4 Å². The molecule has 4 nitrogen and oxygen atoms in total. The number of Topliss-reactive ketones (excluding diaryl/α,β-unsaturated/α-hetero) is 1. The van der Waals surface area contributed by atoms with Crippen molar-refractivity contribution in [3.63, 3.8) is 0 Å². The summed E-state index contributed by atoms with van der Waals surface area (Å²) in [5.41, 5.74) is -2.75. The van der Waals surface area contributed by atoms with Crippen molar-refractivity contribution >= 4 is 11.8 Å². The molecule has 0 atom stereocenters. The first-order valence-electron chi connectivity index (χ1n) is 5.78. The molecule has 0 aliphatic carbocycles. The lowest BCUT2D eigenvalue weighted by atomic mass is 9.87. The summed E-state index contributed by atoms with van der Waals surface area (Å²) in [5, 5.41) is 8.80. The SMILES string of the molecule is O=C(O)c1cc(F)cc(C(=O)C2(F)CCOCC2)c1. The van der Waals surface area contributed by atoms with Crippen LogP contribution in [0.15, 0.2) is 18.2 Å². The van der Waals surface area contributed by atoms with Crippen LogP contribution in [0.1, 0.15) is 33.6 Å². The Balaban J connectivity index is 2.35. The van der Waals surface area contributed by atoms with E-state index in [1.165, 1.54) is 0 Å². The van der Waals surface area contributed by atoms with Gasteiger partial charge in [-0.1, -0.05) is 0 Å². The third-order valence-electron chi connectivity index (χ3n) is 3.10. The molecule has 1 aliphatic heterocycles. The number of carboxylic acid groups (broad SMARTS) is 1. The zero-order valence-corrected chi connectivity index (χ0v) is 9.99. The van der Waals surface area contributed by atoms with E-state index in [4.69, 9.17) is 9.84 Å². The summed E-state index contributed by atoms with van der Waals surface area (Å²) in [4.78, 5) is 22.9. The maximum atomic E-state index is 14.4. The number of benzene rings is 1. The first-order valence-corrected chi connectivity index (χ1v) is 5.78. The number of ether oxygens (including phenoxy) is 1. The highest BCUT2D eigenvalue weighted by atomic mass is 19.1. The minimum absolute atomic E-state index is 0.106. The van der Waals surface area contributed by atoms with Crippen LogP contribution in [-0.4, -0.2) is 35.7 Å². The van der Waals surface area contributed by atoms with Crippen LogP contribution in [0.3, 0.4) is 0 Å². The summed E-state index contributed by atoms with van der Waals surface area (Å²) in [6.07, 6.45) is -0.213. The van der Waals surface area contributed by atoms with Gasteiger partial charge in [-0.15, -0.1) is 0 Å². The number of alkyl halides is 1. The fraction of sp³-hybridized carbons (Fsp3) is 0.385. The fourth-order valence-corrected chi connectivity index (χ4v) is 2.02. The van der Waals surface area contributed by atoms with Gasteiger partial charge in [-0.25, -0.2) is 13.6 Å².